The Morgan fingerprint density at radius 1 is 1.15 bits per heavy atom. The fraction of sp³-hybridized carbons (Fsp3) is 0.818. The van der Waals surface area contributed by atoms with Gasteiger partial charge in [0.25, 0.3) is 0 Å². The number of carboxylic acid groups (broad SMARTS) is 2. The van der Waals surface area contributed by atoms with E-state index in [4.69, 9.17) is 19.7 Å². The molecule has 2 heterocycles. The summed E-state index contributed by atoms with van der Waals surface area (Å²) < 4.78 is 20.2. The topological polar surface area (TPSA) is 118 Å². The van der Waals surface area contributed by atoms with Crippen molar-refractivity contribution in [3.63, 3.8) is 0 Å². The van der Waals surface area contributed by atoms with Gasteiger partial charge in [0, 0.05) is 0 Å². The Morgan fingerprint density at radius 2 is 1.60 bits per heavy atom. The van der Waals surface area contributed by atoms with Gasteiger partial charge in [-0.2, -0.15) is 0 Å². The van der Waals surface area contributed by atoms with Crippen molar-refractivity contribution in [2.45, 2.75) is 38.8 Å². The van der Waals surface area contributed by atoms with Crippen LogP contribution in [0.3, 0.4) is 0 Å². The Morgan fingerprint density at radius 3 is 1.90 bits per heavy atom. The first-order valence-electron chi connectivity index (χ1n) is 6.06. The van der Waals surface area contributed by atoms with Crippen molar-refractivity contribution < 1.29 is 47.5 Å². The summed E-state index contributed by atoms with van der Waals surface area (Å²) in [5, 5.41) is 15.4. The van der Waals surface area contributed by atoms with Crippen LogP contribution in [-0.2, 0) is 37.3 Å². The van der Waals surface area contributed by atoms with Gasteiger partial charge in [0.1, 0.15) is 6.42 Å². The van der Waals surface area contributed by atoms with Crippen LogP contribution in [0.1, 0.15) is 20.3 Å². The molecule has 2 N–H and O–H groups in total. The fourth-order valence-electron chi connectivity index (χ4n) is 1.51. The van der Waals surface area contributed by atoms with Crippen molar-refractivity contribution in [2.75, 3.05) is 13.1 Å². The third kappa shape index (κ3) is 6.07. The van der Waals surface area contributed by atoms with Gasteiger partial charge in [-0.15, -0.1) is 0 Å². The van der Waals surface area contributed by atoms with E-state index in [-0.39, 0.29) is 36.7 Å². The molecule has 0 amide bonds. The smallest absolute Gasteiger partial charge is 0.314 e. The summed E-state index contributed by atoms with van der Waals surface area (Å²) in [4.78, 5) is 18.9. The Bertz CT molecular complexity index is 391. The molecule has 20 heavy (non-hydrogen) atoms. The molecule has 0 aromatic carbocycles. The molecule has 1 fully saturated rings. The van der Waals surface area contributed by atoms with E-state index in [1.165, 1.54) is 0 Å². The Hall–Kier alpha value is -0.852. The van der Waals surface area contributed by atoms with Crippen LogP contribution in [0, 0.1) is 5.92 Å². The van der Waals surface area contributed by atoms with Crippen molar-refractivity contribution >= 4 is 11.9 Å². The predicted molar refractivity (Wildman–Crippen MR) is 62.9 cm³/mol. The second-order valence-corrected chi connectivity index (χ2v) is 6.45. The molecule has 2 rings (SSSR count). The van der Waals surface area contributed by atoms with Crippen LogP contribution in [0.5, 0.6) is 0 Å². The average molecular weight is 469 g/mol. The van der Waals surface area contributed by atoms with Gasteiger partial charge in [-0.25, -0.2) is 0 Å². The SMILES string of the molecule is CC(C)C1O[C@@H]2C[N]=[Pt]=[N]C[C@H]2O1.O=C(O)CC(=O)O. The number of carboxylic acids is 2. The van der Waals surface area contributed by atoms with Gasteiger partial charge in [-0.05, 0) is 0 Å². The maximum Gasteiger partial charge on any atom is 0.314 e. The largest absolute Gasteiger partial charge is 0.481 e. The quantitative estimate of drug-likeness (QED) is 0.590. The number of hydrogen-bond acceptors (Lipinski definition) is 6. The standard InChI is InChI=1S/C8H14N2O2.C3H4O4.Pt/c1-5(2)8-11-6(3-9)7(4-10)12-8;4-2(5)1-3(6)7;/h5-8H,3-4H2,1-2H3;1H2,(H,4,5)(H,6,7);/t6-,7-;;/m1../s1. The third-order valence-corrected chi connectivity index (χ3v) is 3.92. The minimum absolute atomic E-state index is 0.0446. The molecule has 0 aromatic heterocycles. The summed E-state index contributed by atoms with van der Waals surface area (Å²) in [6, 6.07) is 0. The molecule has 9 heteroatoms. The number of rotatable bonds is 3. The molecule has 8 nitrogen and oxygen atoms in total. The van der Waals surface area contributed by atoms with Gasteiger partial charge >= 0.3 is 98.0 Å². The predicted octanol–water partition coefficient (Wildman–Crippen LogP) is 0.761. The van der Waals surface area contributed by atoms with Crippen LogP contribution in [0.4, 0.5) is 0 Å². The minimum Gasteiger partial charge on any atom is -0.481 e. The summed E-state index contributed by atoms with van der Waals surface area (Å²) in [6.45, 7) is 5.78. The summed E-state index contributed by atoms with van der Waals surface area (Å²) in [6.07, 6.45) is -0.519. The molecule has 0 aromatic rings. The van der Waals surface area contributed by atoms with Crippen molar-refractivity contribution in [1.29, 1.82) is 0 Å². The molecule has 0 spiro atoms. The Labute approximate surface area is 124 Å². The maximum atomic E-state index is 9.43. The van der Waals surface area contributed by atoms with E-state index in [1.807, 2.05) is 0 Å². The monoisotopic (exact) mass is 469 g/mol. The summed E-state index contributed by atoms with van der Waals surface area (Å²) in [5.41, 5.74) is 0. The molecule has 2 aliphatic rings. The first-order chi connectivity index (χ1) is 9.40. The molecular formula is C11H18N2O6Pt. The van der Waals surface area contributed by atoms with E-state index < -0.39 is 18.4 Å². The Balaban J connectivity index is 0.000000246. The zero-order valence-corrected chi connectivity index (χ0v) is 13.4. The van der Waals surface area contributed by atoms with Crippen molar-refractivity contribution in [3.8, 4) is 0 Å². The van der Waals surface area contributed by atoms with E-state index in [0.29, 0.717) is 5.92 Å². The van der Waals surface area contributed by atoms with Gasteiger partial charge < -0.3 is 10.2 Å². The molecule has 2 atom stereocenters. The van der Waals surface area contributed by atoms with Gasteiger partial charge in [-0.1, -0.05) is 0 Å². The average Bonchev–Trinajstić information content (AvgIpc) is 2.60. The molecule has 0 radical (unpaired) electrons. The number of hydrogen-bond donors (Lipinski definition) is 2. The van der Waals surface area contributed by atoms with Crippen LogP contribution < -0.4 is 0 Å². The zero-order valence-electron chi connectivity index (χ0n) is 11.2. The van der Waals surface area contributed by atoms with Crippen LogP contribution in [-0.4, -0.2) is 53.7 Å². The zero-order chi connectivity index (χ0) is 15.1. The van der Waals surface area contributed by atoms with Gasteiger partial charge in [-0.3, -0.25) is 9.59 Å². The van der Waals surface area contributed by atoms with Gasteiger partial charge in [0.15, 0.2) is 0 Å². The summed E-state index contributed by atoms with van der Waals surface area (Å²) in [5.74, 6) is -2.21. The summed E-state index contributed by atoms with van der Waals surface area (Å²) >= 11 is -0.289. The van der Waals surface area contributed by atoms with Crippen LogP contribution in [0.15, 0.2) is 6.99 Å². The number of fused-ring (bicyclic) bond motifs is 1. The van der Waals surface area contributed by atoms with E-state index in [2.05, 4.69) is 20.8 Å². The van der Waals surface area contributed by atoms with Crippen LogP contribution in [0.2, 0.25) is 0 Å². The normalized spacial score (nSPS) is 25.9. The molecule has 0 saturated carbocycles. The van der Waals surface area contributed by atoms with E-state index in [0.717, 1.165) is 13.1 Å². The number of carbonyl (C=O) groups is 2. The third-order valence-electron chi connectivity index (χ3n) is 2.44. The fourth-order valence-corrected chi connectivity index (χ4v) is 2.93. The van der Waals surface area contributed by atoms with Crippen LogP contribution in [0.25, 0.3) is 0 Å². The molecule has 2 aliphatic heterocycles. The second-order valence-electron chi connectivity index (χ2n) is 4.55. The molecule has 118 valence electrons. The van der Waals surface area contributed by atoms with Crippen molar-refractivity contribution in [2.24, 2.45) is 12.9 Å². The van der Waals surface area contributed by atoms with Gasteiger partial charge in [0.05, 0.1) is 0 Å². The second kappa shape index (κ2) is 8.44. The first-order valence-corrected chi connectivity index (χ1v) is 8.09. The number of ether oxygens (including phenoxy) is 2. The van der Waals surface area contributed by atoms with E-state index in [1.54, 1.807) is 0 Å². The minimum atomic E-state index is -1.31. The Kier molecular flexibility index (Phi) is 7.26. The van der Waals surface area contributed by atoms with Crippen molar-refractivity contribution in [1.82, 2.24) is 0 Å². The molecule has 0 unspecified atom stereocenters. The number of aliphatic carboxylic acids is 2. The van der Waals surface area contributed by atoms with E-state index >= 15 is 0 Å². The number of nitrogens with zero attached hydrogens (tertiary/aromatic N) is 2. The van der Waals surface area contributed by atoms with E-state index in [9.17, 15) is 9.59 Å². The maximum absolute atomic E-state index is 9.43. The molecular weight excluding hydrogens is 451 g/mol. The molecule has 0 bridgehead atoms. The van der Waals surface area contributed by atoms with Crippen LogP contribution >= 0.6 is 0 Å². The molecule has 0 aliphatic carbocycles. The van der Waals surface area contributed by atoms with Gasteiger partial charge in [0.2, 0.25) is 0 Å². The molecule has 1 saturated heterocycles. The first kappa shape index (κ1) is 17.2. The van der Waals surface area contributed by atoms with Crippen molar-refractivity contribution in [3.05, 3.63) is 0 Å². The summed E-state index contributed by atoms with van der Waals surface area (Å²) in [7, 11) is 0.